The van der Waals surface area contributed by atoms with Crippen LogP contribution in [-0.2, 0) is 25.5 Å². The lowest BCUT2D eigenvalue weighted by Crippen LogP contribution is -2.32. The van der Waals surface area contributed by atoms with Crippen LogP contribution in [0.25, 0.3) is 6.08 Å². The molecule has 0 radical (unpaired) electrons. The third-order valence-corrected chi connectivity index (χ3v) is 4.31. The van der Waals surface area contributed by atoms with Crippen LogP contribution in [0.4, 0.5) is 4.79 Å². The lowest BCUT2D eigenvalue weighted by atomic mass is 10.1. The number of amides is 2. The molecule has 1 fully saturated rings. The Balaban J connectivity index is 1.56. The molecule has 1 aromatic carbocycles. The Labute approximate surface area is 146 Å². The number of fused-ring (bicyclic) bond motifs is 1. The average molecular weight is 346 g/mol. The molecule has 7 nitrogen and oxygen atoms in total. The summed E-state index contributed by atoms with van der Waals surface area (Å²) in [6, 6.07) is 5.80. The molecule has 3 N–H and O–H groups in total. The third kappa shape index (κ3) is 4.80. The molecule has 0 bridgehead atoms. The van der Waals surface area contributed by atoms with Crippen LogP contribution in [-0.4, -0.2) is 24.9 Å². The van der Waals surface area contributed by atoms with Crippen LogP contribution in [0, 0.1) is 0 Å². The van der Waals surface area contributed by atoms with Crippen molar-refractivity contribution in [3.05, 3.63) is 41.0 Å². The van der Waals surface area contributed by atoms with Crippen LogP contribution in [0.5, 0.6) is 0 Å². The Kier molecular flexibility index (Phi) is 5.67. The number of nitrogens with one attached hydrogen (secondary N) is 1. The van der Waals surface area contributed by atoms with Crippen LogP contribution < -0.4 is 11.2 Å². The highest BCUT2D eigenvalue weighted by Crippen LogP contribution is 2.34. The van der Waals surface area contributed by atoms with E-state index >= 15 is 0 Å². The van der Waals surface area contributed by atoms with E-state index in [0.29, 0.717) is 6.61 Å². The van der Waals surface area contributed by atoms with Crippen LogP contribution in [0.2, 0.25) is 0 Å². The highest BCUT2D eigenvalue weighted by atomic mass is 16.8. The van der Waals surface area contributed by atoms with Gasteiger partial charge in [-0.05, 0) is 54.5 Å². The second kappa shape index (κ2) is 8.13. The van der Waals surface area contributed by atoms with Crippen molar-refractivity contribution in [1.29, 1.82) is 0 Å². The van der Waals surface area contributed by atoms with Crippen LogP contribution in [0.1, 0.15) is 48.5 Å². The number of aryl methyl sites for hydroxylation is 1. The Morgan fingerprint density at radius 2 is 2.16 bits per heavy atom. The minimum absolute atomic E-state index is 0.318. The molecule has 1 aromatic rings. The van der Waals surface area contributed by atoms with Crippen LogP contribution in [0.3, 0.4) is 0 Å². The van der Waals surface area contributed by atoms with E-state index in [1.54, 1.807) is 6.08 Å². The van der Waals surface area contributed by atoms with Gasteiger partial charge in [0, 0.05) is 19.1 Å². The monoisotopic (exact) mass is 346 g/mol. The zero-order chi connectivity index (χ0) is 17.6. The molecule has 1 aliphatic carbocycles. The van der Waals surface area contributed by atoms with Gasteiger partial charge in [0.1, 0.15) is 6.10 Å². The van der Waals surface area contributed by atoms with E-state index in [1.165, 1.54) is 6.08 Å². The van der Waals surface area contributed by atoms with E-state index < -0.39 is 6.09 Å². The molecule has 2 unspecified atom stereocenters. The fourth-order valence-electron chi connectivity index (χ4n) is 3.08. The molecule has 0 aromatic heterocycles. The first-order chi connectivity index (χ1) is 12.1. The van der Waals surface area contributed by atoms with Crippen LogP contribution in [0.15, 0.2) is 24.3 Å². The largest absolute Gasteiger partial charge is 0.441 e. The summed E-state index contributed by atoms with van der Waals surface area (Å²) in [4.78, 5) is 28.0. The van der Waals surface area contributed by atoms with E-state index in [4.69, 9.17) is 20.0 Å². The highest BCUT2D eigenvalue weighted by Gasteiger charge is 2.25. The number of ether oxygens (including phenoxy) is 2. The summed E-state index contributed by atoms with van der Waals surface area (Å²) in [5.41, 5.74) is 10.4. The maximum atomic E-state index is 11.8. The van der Waals surface area contributed by atoms with Gasteiger partial charge in [-0.15, -0.1) is 0 Å². The maximum Gasteiger partial charge on any atom is 0.405 e. The summed E-state index contributed by atoms with van der Waals surface area (Å²) in [5, 5.41) is 0. The molecule has 0 spiro atoms. The van der Waals surface area contributed by atoms with Gasteiger partial charge >= 0.3 is 6.09 Å². The van der Waals surface area contributed by atoms with Crippen molar-refractivity contribution in [2.24, 2.45) is 5.73 Å². The second-order valence-corrected chi connectivity index (χ2v) is 6.14. The lowest BCUT2D eigenvalue weighted by molar-refractivity contribution is -0.198. The van der Waals surface area contributed by atoms with Crippen molar-refractivity contribution < 1.29 is 23.9 Å². The first kappa shape index (κ1) is 17.4. The van der Waals surface area contributed by atoms with Gasteiger partial charge in [0.05, 0.1) is 0 Å². The maximum absolute atomic E-state index is 11.8. The number of primary amides is 1. The lowest BCUT2D eigenvalue weighted by Gasteiger charge is -2.21. The normalized spacial score (nSPS) is 22.6. The van der Waals surface area contributed by atoms with Gasteiger partial charge in [0.2, 0.25) is 0 Å². The molecule has 1 heterocycles. The zero-order valence-electron chi connectivity index (χ0n) is 13.9. The third-order valence-electron chi connectivity index (χ3n) is 4.31. The molecule has 3 rings (SSSR count). The molecule has 0 saturated carbocycles. The number of nitrogens with two attached hydrogens (primary N) is 1. The Morgan fingerprint density at radius 1 is 1.28 bits per heavy atom. The van der Waals surface area contributed by atoms with Crippen molar-refractivity contribution in [3.8, 4) is 0 Å². The molecule has 1 saturated heterocycles. The first-order valence-corrected chi connectivity index (χ1v) is 8.46. The summed E-state index contributed by atoms with van der Waals surface area (Å²) < 4.78 is 10.5. The molecule has 2 amide bonds. The smallest absolute Gasteiger partial charge is 0.405 e. The summed E-state index contributed by atoms with van der Waals surface area (Å²) in [6.45, 7) is 0.653. The summed E-state index contributed by atoms with van der Waals surface area (Å²) in [6.07, 6.45) is 5.99. The Morgan fingerprint density at radius 3 is 2.92 bits per heavy atom. The number of rotatable bonds is 5. The number of hydroxylamine groups is 1. The highest BCUT2D eigenvalue weighted by molar-refractivity contribution is 5.91. The quantitative estimate of drug-likeness (QED) is 0.630. The zero-order valence-corrected chi connectivity index (χ0v) is 13.9. The molecular weight excluding hydrogens is 324 g/mol. The molecular formula is C18H22N2O5. The topological polar surface area (TPSA) is 99.9 Å². The molecule has 25 heavy (non-hydrogen) atoms. The van der Waals surface area contributed by atoms with E-state index in [2.05, 4.69) is 5.48 Å². The minimum Gasteiger partial charge on any atom is -0.441 e. The van der Waals surface area contributed by atoms with Gasteiger partial charge in [0.25, 0.3) is 5.91 Å². The van der Waals surface area contributed by atoms with Crippen molar-refractivity contribution in [3.63, 3.8) is 0 Å². The number of hydrogen-bond donors (Lipinski definition) is 2. The first-order valence-electron chi connectivity index (χ1n) is 8.46. The number of carbonyl (C=O) groups excluding carboxylic acids is 2. The van der Waals surface area contributed by atoms with E-state index in [1.807, 2.05) is 18.2 Å². The second-order valence-electron chi connectivity index (χ2n) is 6.14. The fraction of sp³-hybridized carbons (Fsp3) is 0.444. The van der Waals surface area contributed by atoms with Gasteiger partial charge in [-0.3, -0.25) is 4.79 Å². The Hall–Kier alpha value is -2.38. The van der Waals surface area contributed by atoms with Crippen molar-refractivity contribution in [2.45, 2.75) is 44.5 Å². The van der Waals surface area contributed by atoms with Gasteiger partial charge < -0.3 is 15.2 Å². The number of hydrogen-bond acceptors (Lipinski definition) is 5. The van der Waals surface area contributed by atoms with Crippen molar-refractivity contribution in [1.82, 2.24) is 5.48 Å². The van der Waals surface area contributed by atoms with Crippen LogP contribution >= 0.6 is 0 Å². The molecule has 2 aliphatic rings. The molecule has 7 heteroatoms. The van der Waals surface area contributed by atoms with Gasteiger partial charge in [0.15, 0.2) is 6.29 Å². The van der Waals surface area contributed by atoms with E-state index in [9.17, 15) is 9.59 Å². The molecule has 1 aliphatic heterocycles. The summed E-state index contributed by atoms with van der Waals surface area (Å²) in [5.74, 6) is -0.361. The SMILES string of the molecule is NC(=O)OC1CCc2ccc(C=CC(=O)NOC3CCCCO3)cc21. The molecule has 134 valence electrons. The average Bonchev–Trinajstić information content (AvgIpc) is 3.00. The van der Waals surface area contributed by atoms with Crippen molar-refractivity contribution in [2.75, 3.05) is 6.61 Å². The van der Waals surface area contributed by atoms with E-state index in [-0.39, 0.29) is 18.3 Å². The predicted octanol–water partition coefficient (Wildman–Crippen LogP) is 2.36. The predicted molar refractivity (Wildman–Crippen MR) is 90.0 cm³/mol. The van der Waals surface area contributed by atoms with Gasteiger partial charge in [-0.1, -0.05) is 12.1 Å². The van der Waals surface area contributed by atoms with Crippen molar-refractivity contribution >= 4 is 18.1 Å². The molecule has 2 atom stereocenters. The Bertz CT molecular complexity index is 667. The minimum atomic E-state index is -0.778. The van der Waals surface area contributed by atoms with Gasteiger partial charge in [-0.25, -0.2) is 15.1 Å². The van der Waals surface area contributed by atoms with E-state index in [0.717, 1.165) is 48.8 Å². The van der Waals surface area contributed by atoms with Gasteiger partial charge in [-0.2, -0.15) is 0 Å². The fourth-order valence-corrected chi connectivity index (χ4v) is 3.08. The number of benzene rings is 1. The summed E-state index contributed by atoms with van der Waals surface area (Å²) in [7, 11) is 0. The summed E-state index contributed by atoms with van der Waals surface area (Å²) >= 11 is 0. The standard InChI is InChI=1S/C18H22N2O5/c19-18(22)24-15-8-7-13-6-4-12(11-14(13)15)5-9-16(21)20-25-17-3-1-2-10-23-17/h4-6,9,11,15,17H,1-3,7-8,10H2,(H2,19,22)(H,20,21). The number of carbonyl (C=O) groups is 2.